The van der Waals surface area contributed by atoms with Crippen molar-refractivity contribution in [1.29, 1.82) is 0 Å². The molecule has 158 valence electrons. The van der Waals surface area contributed by atoms with Gasteiger partial charge >= 0.3 is 6.03 Å². The van der Waals surface area contributed by atoms with Crippen molar-refractivity contribution >= 4 is 23.5 Å². The second-order valence-corrected chi connectivity index (χ2v) is 6.62. The summed E-state index contributed by atoms with van der Waals surface area (Å²) >= 11 is 0. The van der Waals surface area contributed by atoms with Crippen molar-refractivity contribution < 1.29 is 23.9 Å². The number of ether oxygens (including phenoxy) is 2. The summed E-state index contributed by atoms with van der Waals surface area (Å²) in [4.78, 5) is 35.8. The third-order valence-corrected chi connectivity index (χ3v) is 4.14. The maximum atomic E-state index is 12.2. The van der Waals surface area contributed by atoms with E-state index in [2.05, 4.69) is 21.5 Å². The summed E-state index contributed by atoms with van der Waals surface area (Å²) in [6.07, 6.45) is 2.00. The molecule has 0 unspecified atom stereocenters. The highest BCUT2D eigenvalue weighted by molar-refractivity contribution is 5.96. The van der Waals surface area contributed by atoms with Crippen molar-refractivity contribution in [3.05, 3.63) is 54.1 Å². The van der Waals surface area contributed by atoms with Crippen LogP contribution < -0.4 is 31.0 Å². The van der Waals surface area contributed by atoms with E-state index in [0.29, 0.717) is 29.4 Å². The first-order chi connectivity index (χ1) is 14.5. The van der Waals surface area contributed by atoms with Crippen molar-refractivity contribution in [3.63, 3.8) is 0 Å². The minimum atomic E-state index is -0.523. The number of rotatable bonds is 8. The first kappa shape index (κ1) is 21.0. The van der Waals surface area contributed by atoms with Crippen LogP contribution in [0.15, 0.2) is 48.5 Å². The second kappa shape index (κ2) is 10.1. The zero-order valence-electron chi connectivity index (χ0n) is 16.6. The average Bonchev–Trinajstić information content (AvgIpc) is 3.56. The van der Waals surface area contributed by atoms with Crippen LogP contribution in [-0.4, -0.2) is 37.1 Å². The lowest BCUT2D eigenvalue weighted by molar-refractivity contribution is -0.123. The molecule has 1 fully saturated rings. The van der Waals surface area contributed by atoms with E-state index in [9.17, 15) is 14.4 Å². The number of anilines is 1. The Balaban J connectivity index is 1.42. The molecule has 0 radical (unpaired) electrons. The number of hydrogen-bond acceptors (Lipinski definition) is 5. The van der Waals surface area contributed by atoms with Gasteiger partial charge in [-0.2, -0.15) is 0 Å². The zero-order valence-corrected chi connectivity index (χ0v) is 16.6. The third-order valence-electron chi connectivity index (χ3n) is 4.14. The molecule has 9 heteroatoms. The monoisotopic (exact) mass is 412 g/mol. The summed E-state index contributed by atoms with van der Waals surface area (Å²) in [7, 11) is 0. The molecule has 0 saturated heterocycles. The van der Waals surface area contributed by atoms with Crippen LogP contribution in [0.5, 0.6) is 11.5 Å². The number of hydrazine groups is 1. The molecule has 30 heavy (non-hydrogen) atoms. The van der Waals surface area contributed by atoms with Gasteiger partial charge in [-0.25, -0.2) is 4.79 Å². The Morgan fingerprint density at radius 2 is 1.60 bits per heavy atom. The Kier molecular flexibility index (Phi) is 7.09. The van der Waals surface area contributed by atoms with Gasteiger partial charge in [0.1, 0.15) is 0 Å². The van der Waals surface area contributed by atoms with Crippen LogP contribution in [0, 0.1) is 0 Å². The molecule has 0 aliphatic heterocycles. The predicted molar refractivity (Wildman–Crippen MR) is 110 cm³/mol. The van der Waals surface area contributed by atoms with Gasteiger partial charge in [-0.3, -0.25) is 20.4 Å². The van der Waals surface area contributed by atoms with Crippen LogP contribution in [0.4, 0.5) is 10.5 Å². The molecule has 3 rings (SSSR count). The van der Waals surface area contributed by atoms with Gasteiger partial charge in [-0.1, -0.05) is 12.1 Å². The van der Waals surface area contributed by atoms with E-state index >= 15 is 0 Å². The van der Waals surface area contributed by atoms with E-state index in [4.69, 9.17) is 9.47 Å². The molecule has 0 bridgehead atoms. The van der Waals surface area contributed by atoms with Crippen molar-refractivity contribution in [2.75, 3.05) is 18.5 Å². The van der Waals surface area contributed by atoms with Gasteiger partial charge in [-0.05, 0) is 56.2 Å². The lowest BCUT2D eigenvalue weighted by Crippen LogP contribution is -2.43. The molecule has 0 aromatic heterocycles. The summed E-state index contributed by atoms with van der Waals surface area (Å²) in [5.74, 6) is -0.0391. The number of amides is 4. The highest BCUT2D eigenvalue weighted by atomic mass is 16.5. The first-order valence-corrected chi connectivity index (χ1v) is 9.66. The topological polar surface area (TPSA) is 118 Å². The van der Waals surface area contributed by atoms with Crippen molar-refractivity contribution in [1.82, 2.24) is 16.2 Å². The van der Waals surface area contributed by atoms with Crippen LogP contribution in [-0.2, 0) is 4.79 Å². The van der Waals surface area contributed by atoms with Gasteiger partial charge in [0.2, 0.25) is 0 Å². The fourth-order valence-corrected chi connectivity index (χ4v) is 2.51. The summed E-state index contributed by atoms with van der Waals surface area (Å²) in [6.45, 7) is 2.04. The van der Waals surface area contributed by atoms with Crippen LogP contribution in [0.2, 0.25) is 0 Å². The average molecular weight is 412 g/mol. The Labute approximate surface area is 174 Å². The number of hydrogen-bond donors (Lipinski definition) is 4. The Morgan fingerprint density at radius 3 is 2.23 bits per heavy atom. The van der Waals surface area contributed by atoms with E-state index < -0.39 is 11.8 Å². The van der Waals surface area contributed by atoms with Crippen molar-refractivity contribution in [2.45, 2.75) is 25.8 Å². The fourth-order valence-electron chi connectivity index (χ4n) is 2.51. The molecule has 0 spiro atoms. The Bertz CT molecular complexity index is 897. The maximum Gasteiger partial charge on any atom is 0.319 e. The number of urea groups is 1. The van der Waals surface area contributed by atoms with Gasteiger partial charge in [0, 0.05) is 17.3 Å². The molecule has 1 aliphatic rings. The molecule has 2 aromatic rings. The molecule has 0 heterocycles. The minimum absolute atomic E-state index is 0.260. The third kappa shape index (κ3) is 6.40. The zero-order chi connectivity index (χ0) is 21.3. The molecule has 4 amide bonds. The van der Waals surface area contributed by atoms with E-state index in [1.165, 1.54) is 0 Å². The lowest BCUT2D eigenvalue weighted by atomic mass is 10.2. The summed E-state index contributed by atoms with van der Waals surface area (Å²) in [6, 6.07) is 13.3. The second-order valence-electron chi connectivity index (χ2n) is 6.62. The normalized spacial score (nSPS) is 12.4. The molecule has 1 aliphatic carbocycles. The van der Waals surface area contributed by atoms with E-state index in [0.717, 1.165) is 12.8 Å². The van der Waals surface area contributed by atoms with Gasteiger partial charge < -0.3 is 20.1 Å². The fraction of sp³-hybridized carbons (Fsp3) is 0.286. The van der Waals surface area contributed by atoms with Crippen molar-refractivity contribution in [3.8, 4) is 11.5 Å². The number of para-hydroxylation sites is 2. The highest BCUT2D eigenvalue weighted by Crippen LogP contribution is 2.26. The maximum absolute atomic E-state index is 12.2. The molecule has 1 saturated carbocycles. The van der Waals surface area contributed by atoms with Gasteiger partial charge in [0.05, 0.1) is 6.61 Å². The molecule has 4 N–H and O–H groups in total. The minimum Gasteiger partial charge on any atom is -0.490 e. The van der Waals surface area contributed by atoms with Crippen LogP contribution in [0.3, 0.4) is 0 Å². The molecule has 2 aromatic carbocycles. The van der Waals surface area contributed by atoms with Crippen LogP contribution >= 0.6 is 0 Å². The predicted octanol–water partition coefficient (Wildman–Crippen LogP) is 2.21. The van der Waals surface area contributed by atoms with Crippen molar-refractivity contribution in [2.24, 2.45) is 0 Å². The van der Waals surface area contributed by atoms with Gasteiger partial charge in [0.15, 0.2) is 18.1 Å². The molecule has 9 nitrogen and oxygen atoms in total. The molecular weight excluding hydrogens is 388 g/mol. The number of benzene rings is 2. The van der Waals surface area contributed by atoms with Crippen LogP contribution in [0.1, 0.15) is 30.1 Å². The van der Waals surface area contributed by atoms with E-state index in [1.807, 2.05) is 6.92 Å². The van der Waals surface area contributed by atoms with E-state index in [-0.39, 0.29) is 18.7 Å². The van der Waals surface area contributed by atoms with E-state index in [1.54, 1.807) is 48.5 Å². The SMILES string of the molecule is CCOc1ccccc1OCC(=O)NNC(=O)c1ccc(NC(=O)NC2CC2)cc1. The molecule has 0 atom stereocenters. The standard InChI is InChI=1S/C21H24N4O5/c1-2-29-17-5-3-4-6-18(17)30-13-19(26)24-25-20(27)14-7-9-15(10-8-14)22-21(28)23-16-11-12-16/h3-10,16H,2,11-13H2,1H3,(H,24,26)(H,25,27)(H2,22,23,28). The smallest absolute Gasteiger partial charge is 0.319 e. The number of nitrogens with one attached hydrogen (secondary N) is 4. The lowest BCUT2D eigenvalue weighted by Gasteiger charge is -2.12. The largest absolute Gasteiger partial charge is 0.490 e. The number of carbonyl (C=O) groups excluding carboxylic acids is 3. The summed E-state index contributed by atoms with van der Waals surface area (Å²) in [5.41, 5.74) is 5.50. The Morgan fingerprint density at radius 1 is 0.933 bits per heavy atom. The highest BCUT2D eigenvalue weighted by Gasteiger charge is 2.23. The van der Waals surface area contributed by atoms with Gasteiger partial charge in [-0.15, -0.1) is 0 Å². The molecular formula is C21H24N4O5. The summed E-state index contributed by atoms with van der Waals surface area (Å²) in [5, 5.41) is 5.51. The van der Waals surface area contributed by atoms with Crippen LogP contribution in [0.25, 0.3) is 0 Å². The quantitative estimate of drug-likeness (QED) is 0.496. The first-order valence-electron chi connectivity index (χ1n) is 9.66. The van der Waals surface area contributed by atoms with Gasteiger partial charge in [0.25, 0.3) is 11.8 Å². The number of carbonyl (C=O) groups is 3. The summed E-state index contributed by atoms with van der Waals surface area (Å²) < 4.78 is 10.9. The Hall–Kier alpha value is -3.75.